The topological polar surface area (TPSA) is 61.0 Å². The number of aliphatic imine (C=N–C) groups is 1. The van der Waals surface area contributed by atoms with Crippen LogP contribution in [0.15, 0.2) is 27.8 Å². The van der Waals surface area contributed by atoms with Gasteiger partial charge in [-0.3, -0.25) is 4.99 Å². The minimum atomic E-state index is -0.244. The molecule has 0 aliphatic carbocycles. The van der Waals surface area contributed by atoms with Crippen LogP contribution >= 0.6 is 24.0 Å². The summed E-state index contributed by atoms with van der Waals surface area (Å²) in [6.45, 7) is 7.35. The maximum absolute atomic E-state index is 9.68. The maximum Gasteiger partial charge on any atom is 0.193 e. The van der Waals surface area contributed by atoms with E-state index >= 15 is 0 Å². The van der Waals surface area contributed by atoms with Crippen LogP contribution in [0, 0.1) is 5.92 Å². The molecule has 2 heterocycles. The molecule has 2 atom stereocenters. The summed E-state index contributed by atoms with van der Waals surface area (Å²) in [4.78, 5) is 6.89. The minimum Gasteiger partial charge on any atom is -0.469 e. The number of nitrogens with one attached hydrogen (secondary N) is 1. The third-order valence-corrected chi connectivity index (χ3v) is 3.74. The molecule has 5 nitrogen and oxygen atoms in total. The second-order valence-electron chi connectivity index (χ2n) is 5.30. The van der Waals surface area contributed by atoms with Gasteiger partial charge in [0.15, 0.2) is 5.96 Å². The number of likely N-dealkylation sites (tertiary alicyclic amines) is 1. The second kappa shape index (κ2) is 9.30. The maximum atomic E-state index is 9.68. The van der Waals surface area contributed by atoms with E-state index in [4.69, 9.17) is 4.42 Å². The van der Waals surface area contributed by atoms with Crippen molar-refractivity contribution in [1.82, 2.24) is 10.2 Å². The Bertz CT molecular complexity index is 421. The van der Waals surface area contributed by atoms with Gasteiger partial charge in [-0.15, -0.1) is 24.0 Å². The van der Waals surface area contributed by atoms with Crippen molar-refractivity contribution < 1.29 is 9.52 Å². The van der Waals surface area contributed by atoms with E-state index in [1.165, 1.54) is 0 Å². The predicted molar refractivity (Wildman–Crippen MR) is 95.2 cm³/mol. The molecule has 1 aromatic heterocycles. The molecule has 1 saturated heterocycles. The molecule has 0 aromatic carbocycles. The van der Waals surface area contributed by atoms with Crippen molar-refractivity contribution in [2.75, 3.05) is 26.2 Å². The smallest absolute Gasteiger partial charge is 0.193 e. The van der Waals surface area contributed by atoms with Crippen LogP contribution in [0.25, 0.3) is 0 Å². The lowest BCUT2D eigenvalue weighted by Gasteiger charge is -2.22. The zero-order valence-electron chi connectivity index (χ0n) is 12.8. The number of guanidine groups is 1. The van der Waals surface area contributed by atoms with E-state index in [1.807, 2.05) is 19.1 Å². The van der Waals surface area contributed by atoms with Gasteiger partial charge in [0.25, 0.3) is 0 Å². The molecule has 0 saturated carbocycles. The Morgan fingerprint density at radius 3 is 3.00 bits per heavy atom. The first-order valence-electron chi connectivity index (χ1n) is 7.44. The van der Waals surface area contributed by atoms with Crippen molar-refractivity contribution in [1.29, 1.82) is 0 Å². The third-order valence-electron chi connectivity index (χ3n) is 3.74. The molecule has 2 N–H and O–H groups in total. The summed E-state index contributed by atoms with van der Waals surface area (Å²) in [6.07, 6.45) is 3.29. The van der Waals surface area contributed by atoms with Crippen molar-refractivity contribution in [3.05, 3.63) is 24.2 Å². The first-order valence-corrected chi connectivity index (χ1v) is 7.44. The highest BCUT2D eigenvalue weighted by atomic mass is 127. The summed E-state index contributed by atoms with van der Waals surface area (Å²) < 4.78 is 5.31. The van der Waals surface area contributed by atoms with Crippen LogP contribution in [-0.2, 0) is 6.42 Å². The van der Waals surface area contributed by atoms with Gasteiger partial charge in [-0.2, -0.15) is 0 Å². The Morgan fingerprint density at radius 2 is 2.43 bits per heavy atom. The van der Waals surface area contributed by atoms with E-state index in [9.17, 15) is 5.11 Å². The molecule has 1 aromatic rings. The number of hydrogen-bond acceptors (Lipinski definition) is 3. The van der Waals surface area contributed by atoms with Crippen LogP contribution in [0.3, 0.4) is 0 Å². The van der Waals surface area contributed by atoms with Crippen LogP contribution in [0.2, 0.25) is 0 Å². The number of halogens is 1. The number of hydrogen-bond donors (Lipinski definition) is 2. The summed E-state index contributed by atoms with van der Waals surface area (Å²) in [5.74, 6) is 2.26. The van der Waals surface area contributed by atoms with Gasteiger partial charge >= 0.3 is 0 Å². The molecule has 0 bridgehead atoms. The monoisotopic (exact) mass is 407 g/mol. The highest BCUT2D eigenvalue weighted by Crippen LogP contribution is 2.19. The normalized spacial score (nSPS) is 20.2. The van der Waals surface area contributed by atoms with Crippen LogP contribution in [0.1, 0.15) is 26.0 Å². The number of nitrogens with zero attached hydrogens (tertiary/aromatic N) is 2. The molecule has 2 unspecified atom stereocenters. The molecule has 2 rings (SSSR count). The lowest BCUT2D eigenvalue weighted by atomic mass is 10.0. The third kappa shape index (κ3) is 5.50. The zero-order chi connectivity index (χ0) is 14.4. The fourth-order valence-electron chi connectivity index (χ4n) is 2.53. The predicted octanol–water partition coefficient (Wildman–Crippen LogP) is 2.11. The van der Waals surface area contributed by atoms with E-state index in [-0.39, 0.29) is 30.1 Å². The average molecular weight is 407 g/mol. The molecule has 1 fully saturated rings. The van der Waals surface area contributed by atoms with Gasteiger partial charge in [-0.25, -0.2) is 0 Å². The fourth-order valence-corrected chi connectivity index (χ4v) is 2.53. The Labute approximate surface area is 143 Å². The van der Waals surface area contributed by atoms with Gasteiger partial charge in [0.2, 0.25) is 0 Å². The Balaban J connectivity index is 0.00000220. The number of rotatable bonds is 5. The molecule has 1 aliphatic heterocycles. The Hall–Kier alpha value is -0.760. The Morgan fingerprint density at radius 1 is 1.62 bits per heavy atom. The average Bonchev–Trinajstić information content (AvgIpc) is 3.09. The highest BCUT2D eigenvalue weighted by Gasteiger charge is 2.27. The minimum absolute atomic E-state index is 0. The van der Waals surface area contributed by atoms with E-state index in [0.29, 0.717) is 12.5 Å². The van der Waals surface area contributed by atoms with Crippen LogP contribution in [0.5, 0.6) is 0 Å². The summed E-state index contributed by atoms with van der Waals surface area (Å²) >= 11 is 0. The molecular weight excluding hydrogens is 381 g/mol. The van der Waals surface area contributed by atoms with Crippen molar-refractivity contribution in [2.45, 2.75) is 32.8 Å². The van der Waals surface area contributed by atoms with E-state index in [0.717, 1.165) is 44.2 Å². The lowest BCUT2D eigenvalue weighted by molar-refractivity contribution is 0.132. The van der Waals surface area contributed by atoms with E-state index in [2.05, 4.69) is 22.1 Å². The number of furan rings is 1. The quantitative estimate of drug-likeness (QED) is 0.446. The van der Waals surface area contributed by atoms with Gasteiger partial charge in [0.05, 0.1) is 12.4 Å². The summed E-state index contributed by atoms with van der Waals surface area (Å²) in [6, 6.07) is 3.87. The molecule has 6 heteroatoms. The first-order chi connectivity index (χ1) is 9.70. The van der Waals surface area contributed by atoms with Gasteiger partial charge in [0, 0.05) is 38.5 Å². The Kier molecular flexibility index (Phi) is 8.10. The van der Waals surface area contributed by atoms with Crippen molar-refractivity contribution in [3.63, 3.8) is 0 Å². The largest absolute Gasteiger partial charge is 0.469 e. The van der Waals surface area contributed by atoms with Gasteiger partial charge in [0.1, 0.15) is 5.76 Å². The van der Waals surface area contributed by atoms with Crippen molar-refractivity contribution >= 4 is 29.9 Å². The van der Waals surface area contributed by atoms with Gasteiger partial charge < -0.3 is 19.7 Å². The molecule has 120 valence electrons. The second-order valence-corrected chi connectivity index (χ2v) is 5.30. The molecular formula is C15H26IN3O2. The van der Waals surface area contributed by atoms with Crippen LogP contribution in [0.4, 0.5) is 0 Å². The first kappa shape index (κ1) is 18.3. The molecule has 0 amide bonds. The molecule has 1 aliphatic rings. The lowest BCUT2D eigenvalue weighted by Crippen LogP contribution is -2.40. The summed E-state index contributed by atoms with van der Waals surface area (Å²) in [5, 5.41) is 13.0. The summed E-state index contributed by atoms with van der Waals surface area (Å²) in [7, 11) is 0. The van der Waals surface area contributed by atoms with Gasteiger partial charge in [-0.1, -0.05) is 0 Å². The highest BCUT2D eigenvalue weighted by molar-refractivity contribution is 14.0. The van der Waals surface area contributed by atoms with E-state index < -0.39 is 0 Å². The van der Waals surface area contributed by atoms with Crippen LogP contribution in [-0.4, -0.2) is 48.2 Å². The standard InChI is InChI=1S/C15H25N3O2.HI/c1-3-16-15(17-8-6-14-5-4-10-20-14)18-9-7-13(11-18)12(2)19;/h4-5,10,12-13,19H,3,6-9,11H2,1-2H3,(H,16,17);1H. The number of aliphatic hydroxyl groups excluding tert-OH is 1. The van der Waals surface area contributed by atoms with Crippen molar-refractivity contribution in [2.24, 2.45) is 10.9 Å². The SMILES string of the molecule is CCNC(=NCCc1ccco1)N1CCC(C(C)O)C1.I. The fraction of sp³-hybridized carbons (Fsp3) is 0.667. The zero-order valence-corrected chi connectivity index (χ0v) is 15.1. The molecule has 0 spiro atoms. The van der Waals surface area contributed by atoms with Gasteiger partial charge in [-0.05, 0) is 32.4 Å². The van der Waals surface area contributed by atoms with Crippen molar-refractivity contribution in [3.8, 4) is 0 Å². The molecule has 21 heavy (non-hydrogen) atoms. The van der Waals surface area contributed by atoms with Crippen LogP contribution < -0.4 is 5.32 Å². The summed E-state index contributed by atoms with van der Waals surface area (Å²) in [5.41, 5.74) is 0. The number of aliphatic hydroxyl groups is 1. The molecule has 0 radical (unpaired) electrons. The van der Waals surface area contributed by atoms with E-state index in [1.54, 1.807) is 6.26 Å².